The van der Waals surface area contributed by atoms with Crippen molar-refractivity contribution in [2.24, 2.45) is 0 Å². The van der Waals surface area contributed by atoms with Crippen molar-refractivity contribution in [3.05, 3.63) is 17.7 Å². The first kappa shape index (κ1) is 14.9. The first-order valence-electron chi connectivity index (χ1n) is 6.89. The number of hydrogen-bond donors (Lipinski definition) is 1. The second-order valence-corrected chi connectivity index (χ2v) is 4.77. The predicted molar refractivity (Wildman–Crippen MR) is 76.9 cm³/mol. The third kappa shape index (κ3) is 2.99. The third-order valence-electron chi connectivity index (χ3n) is 3.57. The minimum absolute atomic E-state index is 0.00223. The van der Waals surface area contributed by atoms with Gasteiger partial charge in [-0.1, -0.05) is 6.92 Å². The van der Waals surface area contributed by atoms with Crippen molar-refractivity contribution < 1.29 is 18.9 Å². The monoisotopic (exact) mass is 281 g/mol. The molecule has 0 saturated carbocycles. The molecule has 112 valence electrons. The van der Waals surface area contributed by atoms with Gasteiger partial charge < -0.3 is 24.3 Å². The maximum Gasteiger partial charge on any atom is 0.203 e. The predicted octanol–water partition coefficient (Wildman–Crippen LogP) is 2.15. The molecule has 1 aliphatic rings. The largest absolute Gasteiger partial charge is 0.493 e. The Balaban J connectivity index is 2.31. The number of morpholine rings is 1. The summed E-state index contributed by atoms with van der Waals surface area (Å²) in [7, 11) is 4.84. The number of benzene rings is 1. The van der Waals surface area contributed by atoms with Crippen molar-refractivity contribution in [3.63, 3.8) is 0 Å². The smallest absolute Gasteiger partial charge is 0.203 e. The summed E-state index contributed by atoms with van der Waals surface area (Å²) in [6, 6.07) is 3.90. The van der Waals surface area contributed by atoms with Gasteiger partial charge in [0.05, 0.1) is 33.5 Å². The Morgan fingerprint density at radius 2 is 1.75 bits per heavy atom. The van der Waals surface area contributed by atoms with Gasteiger partial charge in [-0.3, -0.25) is 0 Å². The molecule has 2 atom stereocenters. The van der Waals surface area contributed by atoms with Crippen LogP contribution >= 0.6 is 0 Å². The molecule has 0 bridgehead atoms. The minimum Gasteiger partial charge on any atom is -0.493 e. The van der Waals surface area contributed by atoms with Crippen LogP contribution in [0.25, 0.3) is 0 Å². The standard InChI is InChI=1S/C15H23NO4/c1-5-11-8-16-9-14(20-11)10-6-12(17-2)15(19-4)13(7-10)18-3/h6-7,11,14,16H,5,8-9H2,1-4H3. The highest BCUT2D eigenvalue weighted by atomic mass is 16.5. The van der Waals surface area contributed by atoms with Crippen LogP contribution in [0.3, 0.4) is 0 Å². The first-order chi connectivity index (χ1) is 9.73. The highest BCUT2D eigenvalue weighted by molar-refractivity contribution is 5.54. The van der Waals surface area contributed by atoms with Crippen LogP contribution in [0.1, 0.15) is 25.0 Å². The molecular formula is C15H23NO4. The average molecular weight is 281 g/mol. The maximum absolute atomic E-state index is 6.08. The fraction of sp³-hybridized carbons (Fsp3) is 0.600. The van der Waals surface area contributed by atoms with Crippen LogP contribution in [-0.4, -0.2) is 40.5 Å². The molecule has 5 nitrogen and oxygen atoms in total. The summed E-state index contributed by atoms with van der Waals surface area (Å²) in [4.78, 5) is 0. The number of methoxy groups -OCH3 is 3. The van der Waals surface area contributed by atoms with Crippen molar-refractivity contribution in [2.45, 2.75) is 25.6 Å². The van der Waals surface area contributed by atoms with Crippen LogP contribution in [0.5, 0.6) is 17.2 Å². The minimum atomic E-state index is 0.00223. The highest BCUT2D eigenvalue weighted by Crippen LogP contribution is 2.40. The summed E-state index contributed by atoms with van der Waals surface area (Å²) in [5.74, 6) is 1.92. The summed E-state index contributed by atoms with van der Waals surface area (Å²) in [5.41, 5.74) is 1.03. The molecule has 1 heterocycles. The second-order valence-electron chi connectivity index (χ2n) is 4.77. The lowest BCUT2D eigenvalue weighted by molar-refractivity contribution is -0.0401. The lowest BCUT2D eigenvalue weighted by atomic mass is 10.1. The quantitative estimate of drug-likeness (QED) is 0.896. The zero-order valence-corrected chi connectivity index (χ0v) is 12.6. The van der Waals surface area contributed by atoms with Gasteiger partial charge in [0.2, 0.25) is 5.75 Å². The highest BCUT2D eigenvalue weighted by Gasteiger charge is 2.24. The van der Waals surface area contributed by atoms with Gasteiger partial charge in [-0.05, 0) is 24.1 Å². The Hall–Kier alpha value is -1.46. The fourth-order valence-corrected chi connectivity index (χ4v) is 2.43. The van der Waals surface area contributed by atoms with E-state index in [1.54, 1.807) is 21.3 Å². The van der Waals surface area contributed by atoms with E-state index in [0.29, 0.717) is 17.2 Å². The number of hydrogen-bond acceptors (Lipinski definition) is 5. The van der Waals surface area contributed by atoms with E-state index in [4.69, 9.17) is 18.9 Å². The van der Waals surface area contributed by atoms with Crippen molar-refractivity contribution in [3.8, 4) is 17.2 Å². The van der Waals surface area contributed by atoms with Crippen molar-refractivity contribution in [2.75, 3.05) is 34.4 Å². The van der Waals surface area contributed by atoms with Gasteiger partial charge in [-0.2, -0.15) is 0 Å². The van der Waals surface area contributed by atoms with Crippen LogP contribution in [-0.2, 0) is 4.74 Å². The Kier molecular flexibility index (Phi) is 5.09. The van der Waals surface area contributed by atoms with Gasteiger partial charge in [0.15, 0.2) is 11.5 Å². The summed E-state index contributed by atoms with van der Waals surface area (Å²) < 4.78 is 22.2. The normalized spacial score (nSPS) is 22.4. The Morgan fingerprint density at radius 3 is 2.25 bits per heavy atom. The van der Waals surface area contributed by atoms with E-state index >= 15 is 0 Å². The van der Waals surface area contributed by atoms with Crippen LogP contribution in [0, 0.1) is 0 Å². The Morgan fingerprint density at radius 1 is 1.10 bits per heavy atom. The molecule has 0 spiro atoms. The van der Waals surface area contributed by atoms with E-state index < -0.39 is 0 Å². The summed E-state index contributed by atoms with van der Waals surface area (Å²) in [5, 5.41) is 3.40. The summed E-state index contributed by atoms with van der Waals surface area (Å²) in [6.07, 6.45) is 1.24. The van der Waals surface area contributed by atoms with Gasteiger partial charge in [0.25, 0.3) is 0 Å². The van der Waals surface area contributed by atoms with Gasteiger partial charge in [0.1, 0.15) is 0 Å². The molecule has 1 N–H and O–H groups in total. The molecule has 1 aromatic carbocycles. The molecule has 1 aromatic rings. The lowest BCUT2D eigenvalue weighted by Gasteiger charge is -2.31. The van der Waals surface area contributed by atoms with Gasteiger partial charge >= 0.3 is 0 Å². The number of rotatable bonds is 5. The van der Waals surface area contributed by atoms with E-state index in [1.807, 2.05) is 12.1 Å². The molecule has 2 rings (SSSR count). The number of nitrogens with one attached hydrogen (secondary N) is 1. The van der Waals surface area contributed by atoms with Crippen molar-refractivity contribution >= 4 is 0 Å². The zero-order chi connectivity index (χ0) is 14.5. The molecule has 20 heavy (non-hydrogen) atoms. The molecule has 1 saturated heterocycles. The maximum atomic E-state index is 6.08. The second kappa shape index (κ2) is 6.81. The molecule has 0 amide bonds. The number of ether oxygens (including phenoxy) is 4. The summed E-state index contributed by atoms with van der Waals surface area (Å²) >= 11 is 0. The third-order valence-corrected chi connectivity index (χ3v) is 3.57. The Bertz CT molecular complexity index is 424. The van der Waals surface area contributed by atoms with Gasteiger partial charge in [-0.15, -0.1) is 0 Å². The fourth-order valence-electron chi connectivity index (χ4n) is 2.43. The SMILES string of the molecule is CCC1CNCC(c2cc(OC)c(OC)c(OC)c2)O1. The van der Waals surface area contributed by atoms with Crippen LogP contribution in [0.4, 0.5) is 0 Å². The van der Waals surface area contributed by atoms with Crippen LogP contribution < -0.4 is 19.5 Å². The molecule has 2 unspecified atom stereocenters. The molecule has 0 radical (unpaired) electrons. The van der Waals surface area contributed by atoms with Crippen LogP contribution in [0.2, 0.25) is 0 Å². The van der Waals surface area contributed by atoms with Crippen LogP contribution in [0.15, 0.2) is 12.1 Å². The topological polar surface area (TPSA) is 49.0 Å². The van der Waals surface area contributed by atoms with Crippen molar-refractivity contribution in [1.29, 1.82) is 0 Å². The van der Waals surface area contributed by atoms with Gasteiger partial charge in [-0.25, -0.2) is 0 Å². The average Bonchev–Trinajstić information content (AvgIpc) is 2.53. The van der Waals surface area contributed by atoms with Crippen molar-refractivity contribution in [1.82, 2.24) is 5.32 Å². The van der Waals surface area contributed by atoms with E-state index in [2.05, 4.69) is 12.2 Å². The lowest BCUT2D eigenvalue weighted by Crippen LogP contribution is -2.40. The molecule has 1 aliphatic heterocycles. The zero-order valence-electron chi connectivity index (χ0n) is 12.6. The molecule has 0 aliphatic carbocycles. The molecule has 1 fully saturated rings. The van der Waals surface area contributed by atoms with Gasteiger partial charge in [0, 0.05) is 13.1 Å². The van der Waals surface area contributed by atoms with E-state index in [1.165, 1.54) is 0 Å². The first-order valence-corrected chi connectivity index (χ1v) is 6.89. The molecular weight excluding hydrogens is 258 g/mol. The molecule has 5 heteroatoms. The molecule has 0 aromatic heterocycles. The van der Waals surface area contributed by atoms with E-state index in [0.717, 1.165) is 25.1 Å². The van der Waals surface area contributed by atoms with E-state index in [9.17, 15) is 0 Å². The van der Waals surface area contributed by atoms with E-state index in [-0.39, 0.29) is 12.2 Å². The Labute approximate surface area is 120 Å². The summed E-state index contributed by atoms with van der Waals surface area (Å²) in [6.45, 7) is 3.82.